The fourth-order valence-electron chi connectivity index (χ4n) is 1.25. The van der Waals surface area contributed by atoms with Gasteiger partial charge in [0.05, 0.1) is 22.3 Å². The first-order chi connectivity index (χ1) is 6.63. The minimum Gasteiger partial charge on any atom is -0.215 e. The number of halogens is 2. The molecule has 0 aliphatic carbocycles. The SMILES string of the molecule is Cc1nc2nc(CCl)nn2c(C)c1Cl. The quantitative estimate of drug-likeness (QED) is 0.706. The highest BCUT2D eigenvalue weighted by molar-refractivity contribution is 6.31. The highest BCUT2D eigenvalue weighted by Gasteiger charge is 2.10. The summed E-state index contributed by atoms with van der Waals surface area (Å²) < 4.78 is 1.60. The molecule has 2 aromatic rings. The van der Waals surface area contributed by atoms with Gasteiger partial charge in [-0.15, -0.1) is 16.7 Å². The van der Waals surface area contributed by atoms with Crippen LogP contribution in [-0.2, 0) is 5.88 Å². The summed E-state index contributed by atoms with van der Waals surface area (Å²) in [6, 6.07) is 0. The number of hydrogen-bond acceptors (Lipinski definition) is 3. The molecule has 0 N–H and O–H groups in total. The fourth-order valence-corrected chi connectivity index (χ4v) is 1.49. The largest absolute Gasteiger partial charge is 0.253 e. The van der Waals surface area contributed by atoms with Crippen molar-refractivity contribution in [2.24, 2.45) is 0 Å². The van der Waals surface area contributed by atoms with Gasteiger partial charge in [0.1, 0.15) is 0 Å². The highest BCUT2D eigenvalue weighted by atomic mass is 35.5. The number of fused-ring (bicyclic) bond motifs is 1. The van der Waals surface area contributed by atoms with Crippen LogP contribution >= 0.6 is 23.2 Å². The van der Waals surface area contributed by atoms with Crippen LogP contribution in [0.25, 0.3) is 5.78 Å². The van der Waals surface area contributed by atoms with Crippen LogP contribution < -0.4 is 0 Å². The molecule has 0 saturated carbocycles. The Hall–Kier alpha value is -0.870. The topological polar surface area (TPSA) is 43.1 Å². The molecule has 0 atom stereocenters. The molecule has 6 heteroatoms. The summed E-state index contributed by atoms with van der Waals surface area (Å²) in [5.74, 6) is 1.38. The molecule has 0 fully saturated rings. The van der Waals surface area contributed by atoms with Crippen LogP contribution in [-0.4, -0.2) is 19.6 Å². The molecule has 2 rings (SSSR count). The first-order valence-electron chi connectivity index (χ1n) is 4.08. The Morgan fingerprint density at radius 3 is 2.64 bits per heavy atom. The zero-order valence-corrected chi connectivity index (χ0v) is 9.26. The van der Waals surface area contributed by atoms with Crippen LogP contribution in [0, 0.1) is 13.8 Å². The number of aryl methyl sites for hydroxylation is 2. The molecule has 0 aliphatic heterocycles. The smallest absolute Gasteiger partial charge is 0.215 e. The molecule has 0 aromatic carbocycles. The maximum atomic E-state index is 6.02. The summed E-state index contributed by atoms with van der Waals surface area (Å²) in [6.07, 6.45) is 0. The maximum absolute atomic E-state index is 6.02. The van der Waals surface area contributed by atoms with Gasteiger partial charge >= 0.3 is 0 Å². The van der Waals surface area contributed by atoms with Gasteiger partial charge in [-0.1, -0.05) is 11.6 Å². The van der Waals surface area contributed by atoms with Crippen LogP contribution in [0.5, 0.6) is 0 Å². The minimum atomic E-state index is 0.277. The summed E-state index contributed by atoms with van der Waals surface area (Å²) in [5.41, 5.74) is 1.59. The van der Waals surface area contributed by atoms with Crippen molar-refractivity contribution in [2.75, 3.05) is 0 Å². The van der Waals surface area contributed by atoms with Crippen LogP contribution in [0.2, 0.25) is 5.02 Å². The zero-order valence-electron chi connectivity index (χ0n) is 7.75. The van der Waals surface area contributed by atoms with Gasteiger partial charge in [0, 0.05) is 0 Å². The van der Waals surface area contributed by atoms with Gasteiger partial charge < -0.3 is 0 Å². The third-order valence-corrected chi connectivity index (χ3v) is 2.76. The predicted molar refractivity (Wildman–Crippen MR) is 54.8 cm³/mol. The van der Waals surface area contributed by atoms with Crippen molar-refractivity contribution in [1.82, 2.24) is 19.6 Å². The molecule has 0 aliphatic rings. The second kappa shape index (κ2) is 3.37. The first-order valence-corrected chi connectivity index (χ1v) is 4.99. The average Bonchev–Trinajstić information content (AvgIpc) is 2.57. The first kappa shape index (κ1) is 9.68. The zero-order chi connectivity index (χ0) is 10.3. The van der Waals surface area contributed by atoms with Crippen molar-refractivity contribution in [3.05, 3.63) is 22.2 Å². The number of alkyl halides is 1. The van der Waals surface area contributed by atoms with Gasteiger partial charge in [-0.25, -0.2) is 4.98 Å². The van der Waals surface area contributed by atoms with E-state index in [0.717, 1.165) is 11.4 Å². The lowest BCUT2D eigenvalue weighted by molar-refractivity contribution is 0.866. The Balaban J connectivity index is 2.81. The minimum absolute atomic E-state index is 0.277. The Morgan fingerprint density at radius 1 is 1.29 bits per heavy atom. The van der Waals surface area contributed by atoms with Gasteiger partial charge in [0.15, 0.2) is 5.82 Å². The third-order valence-electron chi connectivity index (χ3n) is 1.97. The van der Waals surface area contributed by atoms with E-state index < -0.39 is 0 Å². The predicted octanol–water partition coefficient (Wildman–Crippen LogP) is 2.13. The molecule has 0 radical (unpaired) electrons. The van der Waals surface area contributed by atoms with Gasteiger partial charge in [-0.05, 0) is 13.8 Å². The lowest BCUT2D eigenvalue weighted by Crippen LogP contribution is -1.99. The molecule has 2 heterocycles. The second-order valence-electron chi connectivity index (χ2n) is 2.97. The standard InChI is InChI=1S/C8H8Cl2N4/c1-4-7(10)5(2)14-8(11-4)12-6(3-9)13-14/h3H2,1-2H3. The van der Waals surface area contributed by atoms with Crippen LogP contribution in [0.15, 0.2) is 0 Å². The highest BCUT2D eigenvalue weighted by Crippen LogP contribution is 2.18. The number of nitrogens with zero attached hydrogens (tertiary/aromatic N) is 4. The van der Waals surface area contributed by atoms with E-state index in [4.69, 9.17) is 23.2 Å². The molecule has 0 amide bonds. The normalized spacial score (nSPS) is 11.1. The number of hydrogen-bond donors (Lipinski definition) is 0. The lowest BCUT2D eigenvalue weighted by Gasteiger charge is -2.02. The lowest BCUT2D eigenvalue weighted by atomic mass is 10.3. The molecule has 0 spiro atoms. The fraction of sp³-hybridized carbons (Fsp3) is 0.375. The van der Waals surface area contributed by atoms with Crippen molar-refractivity contribution in [3.63, 3.8) is 0 Å². The third kappa shape index (κ3) is 1.35. The van der Waals surface area contributed by atoms with Crippen molar-refractivity contribution >= 4 is 29.0 Å². The molecule has 0 saturated heterocycles. The summed E-state index contributed by atoms with van der Waals surface area (Å²) >= 11 is 11.7. The van der Waals surface area contributed by atoms with Crippen molar-refractivity contribution < 1.29 is 0 Å². The molecule has 4 nitrogen and oxygen atoms in total. The van der Waals surface area contributed by atoms with E-state index in [9.17, 15) is 0 Å². The van der Waals surface area contributed by atoms with Crippen molar-refractivity contribution in [1.29, 1.82) is 0 Å². The van der Waals surface area contributed by atoms with E-state index in [1.54, 1.807) is 4.52 Å². The molecule has 0 bridgehead atoms. The van der Waals surface area contributed by atoms with E-state index in [-0.39, 0.29) is 5.88 Å². The molecule has 14 heavy (non-hydrogen) atoms. The monoisotopic (exact) mass is 230 g/mol. The number of aromatic nitrogens is 4. The Labute approximate surface area is 90.9 Å². The van der Waals surface area contributed by atoms with E-state index in [2.05, 4.69) is 15.1 Å². The van der Waals surface area contributed by atoms with E-state index >= 15 is 0 Å². The van der Waals surface area contributed by atoms with Crippen molar-refractivity contribution in [3.8, 4) is 0 Å². The summed E-state index contributed by atoms with van der Waals surface area (Å²) in [5, 5.41) is 4.77. The van der Waals surface area contributed by atoms with Crippen LogP contribution in [0.1, 0.15) is 17.2 Å². The Morgan fingerprint density at radius 2 is 2.00 bits per heavy atom. The van der Waals surface area contributed by atoms with Crippen LogP contribution in [0.3, 0.4) is 0 Å². The van der Waals surface area contributed by atoms with Crippen molar-refractivity contribution in [2.45, 2.75) is 19.7 Å². The average molecular weight is 231 g/mol. The van der Waals surface area contributed by atoms with Gasteiger partial charge in [-0.3, -0.25) is 0 Å². The van der Waals surface area contributed by atoms with Crippen LogP contribution in [0.4, 0.5) is 0 Å². The molecule has 2 aromatic heterocycles. The van der Waals surface area contributed by atoms with Gasteiger partial charge in [0.25, 0.3) is 5.78 Å². The Bertz CT molecular complexity index is 492. The second-order valence-corrected chi connectivity index (χ2v) is 3.62. The Kier molecular flexibility index (Phi) is 2.33. The van der Waals surface area contributed by atoms with E-state index in [1.165, 1.54) is 0 Å². The summed E-state index contributed by atoms with van der Waals surface area (Å²) in [4.78, 5) is 8.35. The van der Waals surface area contributed by atoms with E-state index in [1.807, 2.05) is 13.8 Å². The van der Waals surface area contributed by atoms with E-state index in [0.29, 0.717) is 16.6 Å². The molecule has 74 valence electrons. The molecule has 0 unspecified atom stereocenters. The number of rotatable bonds is 1. The maximum Gasteiger partial charge on any atom is 0.253 e. The summed E-state index contributed by atoms with van der Waals surface area (Å²) in [7, 11) is 0. The van der Waals surface area contributed by atoms with Gasteiger partial charge in [-0.2, -0.15) is 9.50 Å². The molecular formula is C8H8Cl2N4. The molecular weight excluding hydrogens is 223 g/mol. The summed E-state index contributed by atoms with van der Waals surface area (Å²) in [6.45, 7) is 3.71. The van der Waals surface area contributed by atoms with Gasteiger partial charge in [0.2, 0.25) is 0 Å².